The topological polar surface area (TPSA) is 59.1 Å². The molecule has 0 N–H and O–H groups in total. The summed E-state index contributed by atoms with van der Waals surface area (Å²) in [6, 6.07) is 15.4. The van der Waals surface area contributed by atoms with Crippen LogP contribution in [0.2, 0.25) is 0 Å². The largest absolute Gasteiger partial charge is 0.496 e. The number of piperazine rings is 1. The van der Waals surface area contributed by atoms with Gasteiger partial charge in [0.25, 0.3) is 0 Å². The number of rotatable bonds is 6. The van der Waals surface area contributed by atoms with Gasteiger partial charge in [-0.25, -0.2) is 4.79 Å². The predicted molar refractivity (Wildman–Crippen MR) is 103 cm³/mol. The van der Waals surface area contributed by atoms with Crippen LogP contribution >= 0.6 is 0 Å². The lowest BCUT2D eigenvalue weighted by atomic mass is 10.1. The first-order chi connectivity index (χ1) is 13.2. The van der Waals surface area contributed by atoms with Crippen LogP contribution in [0.25, 0.3) is 0 Å². The molecule has 6 nitrogen and oxygen atoms in total. The maximum atomic E-state index is 12.3. The van der Waals surface area contributed by atoms with Crippen molar-refractivity contribution in [3.63, 3.8) is 0 Å². The van der Waals surface area contributed by atoms with Crippen LogP contribution in [0.4, 0.5) is 10.5 Å². The fraction of sp³-hybridized carbons (Fsp3) is 0.333. The number of aldehydes is 1. The van der Waals surface area contributed by atoms with Crippen molar-refractivity contribution in [2.45, 2.75) is 13.0 Å². The summed E-state index contributed by atoms with van der Waals surface area (Å²) in [6.07, 6.45) is 0.897. The van der Waals surface area contributed by atoms with E-state index in [4.69, 9.17) is 9.47 Å². The summed E-state index contributed by atoms with van der Waals surface area (Å²) in [5.41, 5.74) is 2.84. The second-order valence-electron chi connectivity index (χ2n) is 6.34. The molecule has 0 saturated carbocycles. The van der Waals surface area contributed by atoms with Gasteiger partial charge in [-0.15, -0.1) is 0 Å². The minimum Gasteiger partial charge on any atom is -0.496 e. The van der Waals surface area contributed by atoms with E-state index in [1.165, 1.54) is 0 Å². The highest BCUT2D eigenvalue weighted by Gasteiger charge is 2.24. The Hall–Kier alpha value is -3.02. The maximum absolute atomic E-state index is 12.3. The molecule has 0 unspecified atom stereocenters. The number of methoxy groups -OCH3 is 1. The van der Waals surface area contributed by atoms with Gasteiger partial charge in [-0.3, -0.25) is 0 Å². The molecule has 1 fully saturated rings. The predicted octanol–water partition coefficient (Wildman–Crippen LogP) is 2.90. The average Bonchev–Trinajstić information content (AvgIpc) is 2.73. The van der Waals surface area contributed by atoms with Crippen LogP contribution in [0.3, 0.4) is 0 Å². The molecule has 27 heavy (non-hydrogen) atoms. The van der Waals surface area contributed by atoms with E-state index in [9.17, 15) is 9.59 Å². The fourth-order valence-electron chi connectivity index (χ4n) is 3.27. The van der Waals surface area contributed by atoms with E-state index >= 15 is 0 Å². The molecule has 0 aromatic heterocycles. The zero-order valence-corrected chi connectivity index (χ0v) is 15.5. The number of carbonyl (C=O) groups is 2. The van der Waals surface area contributed by atoms with Crippen molar-refractivity contribution in [3.8, 4) is 5.75 Å². The van der Waals surface area contributed by atoms with Crippen LogP contribution in [0.1, 0.15) is 11.1 Å². The van der Waals surface area contributed by atoms with E-state index in [0.717, 1.165) is 23.1 Å². The minimum atomic E-state index is -0.294. The van der Waals surface area contributed by atoms with Crippen molar-refractivity contribution in [2.75, 3.05) is 38.2 Å². The third kappa shape index (κ3) is 4.58. The van der Waals surface area contributed by atoms with Crippen LogP contribution in [0, 0.1) is 0 Å². The lowest BCUT2D eigenvalue weighted by Crippen LogP contribution is -2.49. The quantitative estimate of drug-likeness (QED) is 0.734. The molecular weight excluding hydrogens is 344 g/mol. The van der Waals surface area contributed by atoms with Gasteiger partial charge in [0.1, 0.15) is 18.6 Å². The number of ether oxygens (including phenoxy) is 2. The Morgan fingerprint density at radius 2 is 1.78 bits per heavy atom. The van der Waals surface area contributed by atoms with Crippen LogP contribution in [0.15, 0.2) is 48.5 Å². The number of benzene rings is 2. The zero-order valence-electron chi connectivity index (χ0n) is 15.5. The molecule has 6 heteroatoms. The lowest BCUT2D eigenvalue weighted by Gasteiger charge is -2.36. The van der Waals surface area contributed by atoms with Gasteiger partial charge in [0.15, 0.2) is 0 Å². The highest BCUT2D eigenvalue weighted by atomic mass is 16.6. The molecule has 0 spiro atoms. The van der Waals surface area contributed by atoms with E-state index in [1.807, 2.05) is 48.5 Å². The Labute approximate surface area is 159 Å². The number of amides is 1. The van der Waals surface area contributed by atoms with Gasteiger partial charge < -0.3 is 24.1 Å². The van der Waals surface area contributed by atoms with Gasteiger partial charge in [-0.05, 0) is 17.7 Å². The van der Waals surface area contributed by atoms with E-state index in [0.29, 0.717) is 38.3 Å². The third-order valence-electron chi connectivity index (χ3n) is 4.70. The van der Waals surface area contributed by atoms with Gasteiger partial charge in [0, 0.05) is 43.9 Å². The molecule has 2 aromatic carbocycles. The summed E-state index contributed by atoms with van der Waals surface area (Å²) in [6.45, 7) is 2.79. The van der Waals surface area contributed by atoms with Crippen molar-refractivity contribution < 1.29 is 19.1 Å². The molecule has 3 rings (SSSR count). The second kappa shape index (κ2) is 9.07. The summed E-state index contributed by atoms with van der Waals surface area (Å²) in [5.74, 6) is 0.712. The van der Waals surface area contributed by atoms with Crippen LogP contribution in [-0.2, 0) is 22.6 Å². The van der Waals surface area contributed by atoms with Gasteiger partial charge >= 0.3 is 6.09 Å². The third-order valence-corrected chi connectivity index (χ3v) is 4.70. The fourth-order valence-corrected chi connectivity index (χ4v) is 3.27. The Balaban J connectivity index is 1.59. The summed E-state index contributed by atoms with van der Waals surface area (Å²) in [5, 5.41) is 0. The first-order valence-corrected chi connectivity index (χ1v) is 9.03. The number of carbonyl (C=O) groups excluding carboxylic acids is 2. The van der Waals surface area contributed by atoms with E-state index in [1.54, 1.807) is 12.0 Å². The number of hydrogen-bond acceptors (Lipinski definition) is 5. The molecule has 1 amide bonds. The van der Waals surface area contributed by atoms with Crippen LogP contribution < -0.4 is 9.64 Å². The molecule has 1 heterocycles. The standard InChI is InChI=1S/C21H24N2O4/c1-26-20-9-5-8-19(18(20)10-15-24)22-11-13-23(14-12-22)21(25)27-16-17-6-3-2-4-7-17/h2-9,15H,10-14,16H2,1H3. The Morgan fingerprint density at radius 3 is 2.44 bits per heavy atom. The molecule has 0 bridgehead atoms. The first-order valence-electron chi connectivity index (χ1n) is 9.03. The number of nitrogens with zero attached hydrogens (tertiary/aromatic N) is 2. The summed E-state index contributed by atoms with van der Waals surface area (Å²) in [4.78, 5) is 27.3. The summed E-state index contributed by atoms with van der Waals surface area (Å²) in [7, 11) is 1.61. The van der Waals surface area contributed by atoms with Crippen molar-refractivity contribution in [1.29, 1.82) is 0 Å². The Bertz CT molecular complexity index is 771. The maximum Gasteiger partial charge on any atom is 0.410 e. The van der Waals surface area contributed by atoms with Crippen molar-refractivity contribution in [3.05, 3.63) is 59.7 Å². The van der Waals surface area contributed by atoms with Gasteiger partial charge in [-0.1, -0.05) is 36.4 Å². The number of hydrogen-bond donors (Lipinski definition) is 0. The molecule has 1 aliphatic rings. The molecule has 0 radical (unpaired) electrons. The minimum absolute atomic E-state index is 0.277. The highest BCUT2D eigenvalue weighted by molar-refractivity contribution is 5.70. The van der Waals surface area contributed by atoms with Gasteiger partial charge in [0.05, 0.1) is 7.11 Å². The first kappa shape index (κ1) is 18.8. The van der Waals surface area contributed by atoms with E-state index in [2.05, 4.69) is 4.90 Å². The molecule has 142 valence electrons. The lowest BCUT2D eigenvalue weighted by molar-refractivity contribution is -0.107. The zero-order chi connectivity index (χ0) is 19.1. The van der Waals surface area contributed by atoms with Gasteiger partial charge in [-0.2, -0.15) is 0 Å². The molecular formula is C21H24N2O4. The molecule has 2 aromatic rings. The number of anilines is 1. The molecule has 0 aliphatic carbocycles. The SMILES string of the molecule is COc1cccc(N2CCN(C(=O)OCc3ccccc3)CC2)c1CC=O. The van der Waals surface area contributed by atoms with Crippen molar-refractivity contribution in [1.82, 2.24) is 4.90 Å². The smallest absolute Gasteiger partial charge is 0.410 e. The normalized spacial score (nSPS) is 14.0. The van der Waals surface area contributed by atoms with Gasteiger partial charge in [0.2, 0.25) is 0 Å². The highest BCUT2D eigenvalue weighted by Crippen LogP contribution is 2.30. The molecule has 0 atom stereocenters. The molecule has 1 aliphatic heterocycles. The Kier molecular flexibility index (Phi) is 6.30. The summed E-state index contributed by atoms with van der Waals surface area (Å²) >= 11 is 0. The Morgan fingerprint density at radius 1 is 1.04 bits per heavy atom. The van der Waals surface area contributed by atoms with Crippen LogP contribution in [0.5, 0.6) is 5.75 Å². The van der Waals surface area contributed by atoms with E-state index < -0.39 is 0 Å². The summed E-state index contributed by atoms with van der Waals surface area (Å²) < 4.78 is 10.8. The monoisotopic (exact) mass is 368 g/mol. The van der Waals surface area contributed by atoms with Crippen molar-refractivity contribution >= 4 is 18.1 Å². The average molecular weight is 368 g/mol. The molecule has 1 saturated heterocycles. The van der Waals surface area contributed by atoms with Crippen molar-refractivity contribution in [2.24, 2.45) is 0 Å². The second-order valence-corrected chi connectivity index (χ2v) is 6.34. The van der Waals surface area contributed by atoms with Crippen LogP contribution in [-0.4, -0.2) is 50.6 Å². The van der Waals surface area contributed by atoms with E-state index in [-0.39, 0.29) is 12.7 Å².